The van der Waals surface area contributed by atoms with Crippen molar-refractivity contribution in [3.05, 3.63) is 0 Å². The Hall–Kier alpha value is -0.640. The molecule has 5 nitrogen and oxygen atoms in total. The van der Waals surface area contributed by atoms with Crippen molar-refractivity contribution in [3.63, 3.8) is 0 Å². The lowest BCUT2D eigenvalue weighted by Crippen LogP contribution is -2.43. The first kappa shape index (κ1) is 14.4. The molecule has 0 aromatic carbocycles. The molecule has 1 aliphatic heterocycles. The molecular weight excluding hydrogens is 238 g/mol. The van der Waals surface area contributed by atoms with E-state index >= 15 is 0 Å². The van der Waals surface area contributed by atoms with Gasteiger partial charge in [-0.1, -0.05) is 6.92 Å². The van der Waals surface area contributed by atoms with E-state index < -0.39 is 10.0 Å². The zero-order chi connectivity index (χ0) is 12.9. The van der Waals surface area contributed by atoms with Crippen LogP contribution in [0.1, 0.15) is 19.8 Å². The van der Waals surface area contributed by atoms with Gasteiger partial charge in [-0.3, -0.25) is 4.90 Å². The van der Waals surface area contributed by atoms with E-state index in [2.05, 4.69) is 11.0 Å². The predicted molar refractivity (Wildman–Crippen MR) is 66.9 cm³/mol. The van der Waals surface area contributed by atoms with E-state index in [0.717, 1.165) is 25.9 Å². The smallest absolute Gasteiger partial charge is 0.211 e. The third-order valence-corrected chi connectivity index (χ3v) is 4.48. The summed E-state index contributed by atoms with van der Waals surface area (Å²) < 4.78 is 24.5. The molecule has 0 radical (unpaired) electrons. The summed E-state index contributed by atoms with van der Waals surface area (Å²) in [6, 6.07) is 2.14. The molecule has 0 amide bonds. The van der Waals surface area contributed by atoms with Gasteiger partial charge in [0.15, 0.2) is 0 Å². The first-order chi connectivity index (χ1) is 7.97. The first-order valence-corrected chi connectivity index (χ1v) is 7.86. The van der Waals surface area contributed by atoms with Crippen molar-refractivity contribution in [3.8, 4) is 6.07 Å². The Morgan fingerprint density at radius 2 is 2.24 bits per heavy atom. The largest absolute Gasteiger partial charge is 0.291 e. The van der Waals surface area contributed by atoms with Crippen molar-refractivity contribution in [1.29, 1.82) is 5.26 Å². The monoisotopic (exact) mass is 259 g/mol. The number of piperidine rings is 1. The molecule has 98 valence electrons. The van der Waals surface area contributed by atoms with Crippen molar-refractivity contribution in [2.24, 2.45) is 5.92 Å². The number of hydrogen-bond acceptors (Lipinski definition) is 4. The lowest BCUT2D eigenvalue weighted by Gasteiger charge is -2.33. The molecule has 6 heteroatoms. The fourth-order valence-corrected chi connectivity index (χ4v) is 3.19. The quantitative estimate of drug-likeness (QED) is 0.675. The van der Waals surface area contributed by atoms with Gasteiger partial charge in [-0.2, -0.15) is 5.26 Å². The Bertz CT molecular complexity index is 375. The number of sulfonamides is 1. The molecule has 1 fully saturated rings. The molecule has 1 atom stereocenters. The number of rotatable bonds is 5. The van der Waals surface area contributed by atoms with Crippen LogP contribution in [0.15, 0.2) is 0 Å². The molecular formula is C11H21N3O2S. The van der Waals surface area contributed by atoms with Crippen molar-refractivity contribution < 1.29 is 8.42 Å². The highest BCUT2D eigenvalue weighted by Gasteiger charge is 2.26. The minimum absolute atomic E-state index is 0.353. The van der Waals surface area contributed by atoms with E-state index in [1.165, 1.54) is 6.26 Å². The highest BCUT2D eigenvalue weighted by atomic mass is 32.2. The van der Waals surface area contributed by atoms with Crippen LogP contribution in [0.2, 0.25) is 0 Å². The molecule has 1 unspecified atom stereocenters. The highest BCUT2D eigenvalue weighted by Crippen LogP contribution is 2.19. The Labute approximate surface area is 104 Å². The van der Waals surface area contributed by atoms with Gasteiger partial charge >= 0.3 is 0 Å². The molecule has 0 N–H and O–H groups in total. The van der Waals surface area contributed by atoms with Crippen molar-refractivity contribution in [2.75, 3.05) is 39.0 Å². The van der Waals surface area contributed by atoms with Crippen LogP contribution in [0.3, 0.4) is 0 Å². The summed E-state index contributed by atoms with van der Waals surface area (Å²) in [4.78, 5) is 2.07. The molecule has 0 aromatic heterocycles. The van der Waals surface area contributed by atoms with Gasteiger partial charge in [0.2, 0.25) is 10.0 Å². The highest BCUT2D eigenvalue weighted by molar-refractivity contribution is 7.88. The van der Waals surface area contributed by atoms with E-state index in [4.69, 9.17) is 5.26 Å². The summed E-state index contributed by atoms with van der Waals surface area (Å²) in [7, 11) is -3.06. The van der Waals surface area contributed by atoms with Crippen LogP contribution in [0.25, 0.3) is 0 Å². The van der Waals surface area contributed by atoms with E-state index in [-0.39, 0.29) is 0 Å². The average molecular weight is 259 g/mol. The molecule has 1 saturated heterocycles. The summed E-state index contributed by atoms with van der Waals surface area (Å²) >= 11 is 0. The van der Waals surface area contributed by atoms with Crippen LogP contribution in [-0.4, -0.2) is 56.6 Å². The van der Waals surface area contributed by atoms with Gasteiger partial charge in [-0.05, 0) is 25.3 Å². The standard InChI is InChI=1S/C11H21N3O2S/c1-3-13(8-6-12)9-11-5-4-7-14(10-11)17(2,15)16/h11H,3-5,7-10H2,1-2H3. The normalized spacial score (nSPS) is 22.6. The molecule has 0 aliphatic carbocycles. The van der Waals surface area contributed by atoms with Gasteiger partial charge in [0.05, 0.1) is 18.9 Å². The van der Waals surface area contributed by atoms with Gasteiger partial charge in [-0.25, -0.2) is 12.7 Å². The SMILES string of the molecule is CCN(CC#N)CC1CCCN(S(C)(=O)=O)C1. The Morgan fingerprint density at radius 3 is 2.76 bits per heavy atom. The van der Waals surface area contributed by atoms with Crippen LogP contribution >= 0.6 is 0 Å². The zero-order valence-corrected chi connectivity index (χ0v) is 11.4. The van der Waals surface area contributed by atoms with E-state index in [0.29, 0.717) is 25.6 Å². The fraction of sp³-hybridized carbons (Fsp3) is 0.909. The van der Waals surface area contributed by atoms with Crippen molar-refractivity contribution in [2.45, 2.75) is 19.8 Å². The molecule has 0 aromatic rings. The van der Waals surface area contributed by atoms with Gasteiger partial charge in [0, 0.05) is 19.6 Å². The average Bonchev–Trinajstić information content (AvgIpc) is 2.28. The third-order valence-electron chi connectivity index (χ3n) is 3.21. The third kappa shape index (κ3) is 4.62. The van der Waals surface area contributed by atoms with Crippen LogP contribution in [-0.2, 0) is 10.0 Å². The lowest BCUT2D eigenvalue weighted by molar-refractivity contribution is 0.195. The molecule has 1 heterocycles. The van der Waals surface area contributed by atoms with Crippen LogP contribution in [0.4, 0.5) is 0 Å². The van der Waals surface area contributed by atoms with Gasteiger partial charge in [-0.15, -0.1) is 0 Å². The topological polar surface area (TPSA) is 64.4 Å². The van der Waals surface area contributed by atoms with Crippen LogP contribution < -0.4 is 0 Å². The summed E-state index contributed by atoms with van der Waals surface area (Å²) in [6.07, 6.45) is 3.23. The maximum Gasteiger partial charge on any atom is 0.211 e. The van der Waals surface area contributed by atoms with E-state index in [9.17, 15) is 8.42 Å². The summed E-state index contributed by atoms with van der Waals surface area (Å²) in [5.41, 5.74) is 0. The second-order valence-electron chi connectivity index (χ2n) is 4.62. The maximum absolute atomic E-state index is 11.5. The summed E-state index contributed by atoms with van der Waals surface area (Å²) in [5.74, 6) is 0.353. The Morgan fingerprint density at radius 1 is 1.53 bits per heavy atom. The van der Waals surface area contributed by atoms with Crippen LogP contribution in [0.5, 0.6) is 0 Å². The number of nitriles is 1. The van der Waals surface area contributed by atoms with Crippen molar-refractivity contribution in [1.82, 2.24) is 9.21 Å². The lowest BCUT2D eigenvalue weighted by atomic mass is 9.99. The minimum Gasteiger partial charge on any atom is -0.291 e. The van der Waals surface area contributed by atoms with Gasteiger partial charge in [0.25, 0.3) is 0 Å². The second kappa shape index (κ2) is 6.34. The van der Waals surface area contributed by atoms with Gasteiger partial charge in [0.1, 0.15) is 0 Å². The van der Waals surface area contributed by atoms with Gasteiger partial charge < -0.3 is 0 Å². The molecule has 0 spiro atoms. The molecule has 1 aliphatic rings. The zero-order valence-electron chi connectivity index (χ0n) is 10.6. The van der Waals surface area contributed by atoms with E-state index in [1.54, 1.807) is 4.31 Å². The number of hydrogen-bond donors (Lipinski definition) is 0. The fourth-order valence-electron chi connectivity index (χ4n) is 2.25. The molecule has 0 saturated carbocycles. The maximum atomic E-state index is 11.5. The van der Waals surface area contributed by atoms with Crippen LogP contribution in [0, 0.1) is 17.2 Å². The Balaban J connectivity index is 2.53. The predicted octanol–water partition coefficient (Wildman–Crippen LogP) is 0.503. The van der Waals surface area contributed by atoms with E-state index in [1.807, 2.05) is 6.92 Å². The molecule has 0 bridgehead atoms. The Kier molecular flexibility index (Phi) is 5.37. The molecule has 1 rings (SSSR count). The van der Waals surface area contributed by atoms with Crippen molar-refractivity contribution >= 4 is 10.0 Å². The minimum atomic E-state index is -3.06. The molecule has 17 heavy (non-hydrogen) atoms. The number of nitrogens with zero attached hydrogens (tertiary/aromatic N) is 3. The second-order valence-corrected chi connectivity index (χ2v) is 6.60. The summed E-state index contributed by atoms with van der Waals surface area (Å²) in [5, 5.41) is 8.68. The first-order valence-electron chi connectivity index (χ1n) is 6.01. The summed E-state index contributed by atoms with van der Waals surface area (Å²) in [6.45, 7) is 5.33.